The van der Waals surface area contributed by atoms with Gasteiger partial charge < -0.3 is 14.5 Å². The molecule has 0 unspecified atom stereocenters. The molecule has 0 N–H and O–H groups in total. The number of nitrogens with zero attached hydrogens (tertiary/aromatic N) is 2. The van der Waals surface area contributed by atoms with E-state index in [1.165, 1.54) is 64.5 Å². The molecule has 0 fully saturated rings. The highest BCUT2D eigenvalue weighted by atomic mass is 16.5. The first-order chi connectivity index (χ1) is 13.1. The van der Waals surface area contributed by atoms with Crippen molar-refractivity contribution in [2.45, 2.75) is 91.9 Å². The summed E-state index contributed by atoms with van der Waals surface area (Å²) in [6.07, 6.45) is 12.4. The number of hydrogen-bond donors (Lipinski definition) is 0. The molecule has 0 heterocycles. The zero-order chi connectivity index (χ0) is 20.3. The summed E-state index contributed by atoms with van der Waals surface area (Å²) in [4.78, 5) is 5.00. The van der Waals surface area contributed by atoms with E-state index >= 15 is 0 Å². The van der Waals surface area contributed by atoms with Crippen LogP contribution in [0.1, 0.15) is 91.9 Å². The lowest BCUT2D eigenvalue weighted by atomic mass is 10.2. The molecule has 0 aliphatic heterocycles. The van der Waals surface area contributed by atoms with Crippen LogP contribution in [0.3, 0.4) is 0 Å². The molecular weight excluding hydrogens is 332 g/mol. The number of unbranched alkanes of at least 4 members (excludes halogenated alkanes) is 6. The average molecular weight is 381 g/mol. The van der Waals surface area contributed by atoms with Gasteiger partial charge in [-0.2, -0.15) is 0 Å². The summed E-state index contributed by atoms with van der Waals surface area (Å²) < 4.78 is 5.88. The number of hydrogen-bond acceptors (Lipinski definition) is 3. The molecule has 27 heavy (non-hydrogen) atoms. The van der Waals surface area contributed by atoms with Crippen LogP contribution in [0.4, 0.5) is 0 Å². The van der Waals surface area contributed by atoms with Crippen LogP contribution < -0.4 is 0 Å². The minimum Gasteiger partial charge on any atom is -0.467 e. The van der Waals surface area contributed by atoms with E-state index in [4.69, 9.17) is 4.74 Å². The van der Waals surface area contributed by atoms with Crippen LogP contribution >= 0.6 is 0 Å². The lowest BCUT2D eigenvalue weighted by molar-refractivity contribution is 0.222. The molecular formula is C24H48N2O. The molecule has 0 saturated heterocycles. The quantitative estimate of drug-likeness (QED) is 0.174. The van der Waals surface area contributed by atoms with Crippen molar-refractivity contribution >= 4 is 0 Å². The summed E-state index contributed by atoms with van der Waals surface area (Å²) in [5, 5.41) is 0. The highest BCUT2D eigenvalue weighted by molar-refractivity contribution is 4.94. The normalized spacial score (nSPS) is 11.3. The van der Waals surface area contributed by atoms with Crippen molar-refractivity contribution in [3.8, 4) is 0 Å². The third-order valence-electron chi connectivity index (χ3n) is 5.25. The maximum Gasteiger partial charge on any atom is 0.0977 e. The Hall–Kier alpha value is -0.800. The SMILES string of the molecule is C=C(CCN(CC)CCCCCC)OC(=C)CCN(CC)CCCCCC. The average Bonchev–Trinajstić information content (AvgIpc) is 2.66. The van der Waals surface area contributed by atoms with Gasteiger partial charge in [0.2, 0.25) is 0 Å². The predicted molar refractivity (Wildman–Crippen MR) is 121 cm³/mol. The fourth-order valence-corrected chi connectivity index (χ4v) is 3.25. The predicted octanol–water partition coefficient (Wildman–Crippen LogP) is 6.62. The zero-order valence-corrected chi connectivity index (χ0v) is 19.0. The minimum atomic E-state index is 0.859. The van der Waals surface area contributed by atoms with E-state index in [-0.39, 0.29) is 0 Å². The first kappa shape index (κ1) is 26.2. The molecule has 0 aromatic carbocycles. The summed E-state index contributed by atoms with van der Waals surface area (Å²) >= 11 is 0. The lowest BCUT2D eigenvalue weighted by Crippen LogP contribution is -2.27. The van der Waals surface area contributed by atoms with Crippen LogP contribution in [0, 0.1) is 0 Å². The maximum atomic E-state index is 5.88. The molecule has 160 valence electrons. The molecule has 0 aliphatic rings. The molecule has 0 radical (unpaired) electrons. The van der Waals surface area contributed by atoms with Crippen molar-refractivity contribution in [2.75, 3.05) is 39.3 Å². The highest BCUT2D eigenvalue weighted by Gasteiger charge is 2.07. The summed E-state index contributed by atoms with van der Waals surface area (Å²) in [7, 11) is 0. The highest BCUT2D eigenvalue weighted by Crippen LogP contribution is 2.13. The van der Waals surface area contributed by atoms with Crippen LogP contribution in [0.15, 0.2) is 24.7 Å². The number of rotatable bonds is 20. The molecule has 0 rings (SSSR count). The third kappa shape index (κ3) is 15.9. The summed E-state index contributed by atoms with van der Waals surface area (Å²) in [6.45, 7) is 23.9. The van der Waals surface area contributed by atoms with Gasteiger partial charge >= 0.3 is 0 Å². The fourth-order valence-electron chi connectivity index (χ4n) is 3.25. The second-order valence-electron chi connectivity index (χ2n) is 7.67. The van der Waals surface area contributed by atoms with Gasteiger partial charge in [-0.1, -0.05) is 79.4 Å². The van der Waals surface area contributed by atoms with E-state index in [2.05, 4.69) is 50.7 Å². The van der Waals surface area contributed by atoms with Crippen molar-refractivity contribution in [3.63, 3.8) is 0 Å². The second kappa shape index (κ2) is 18.6. The van der Waals surface area contributed by atoms with Crippen molar-refractivity contribution < 1.29 is 4.74 Å². The summed E-state index contributed by atoms with van der Waals surface area (Å²) in [6, 6.07) is 0. The topological polar surface area (TPSA) is 15.7 Å². The van der Waals surface area contributed by atoms with E-state index in [1.807, 2.05) is 0 Å². The summed E-state index contributed by atoms with van der Waals surface area (Å²) in [5.41, 5.74) is 0. The van der Waals surface area contributed by atoms with Gasteiger partial charge in [-0.25, -0.2) is 0 Å². The molecule has 3 heteroatoms. The van der Waals surface area contributed by atoms with Crippen molar-refractivity contribution in [3.05, 3.63) is 24.7 Å². The third-order valence-corrected chi connectivity index (χ3v) is 5.25. The zero-order valence-electron chi connectivity index (χ0n) is 19.0. The molecule has 0 bridgehead atoms. The fraction of sp³-hybridized carbons (Fsp3) is 0.833. The molecule has 3 nitrogen and oxygen atoms in total. The Morgan fingerprint density at radius 1 is 0.593 bits per heavy atom. The monoisotopic (exact) mass is 380 g/mol. The van der Waals surface area contributed by atoms with E-state index in [1.54, 1.807) is 0 Å². The van der Waals surface area contributed by atoms with E-state index in [0.717, 1.165) is 50.5 Å². The number of ether oxygens (including phenoxy) is 1. The first-order valence-electron chi connectivity index (χ1n) is 11.5. The largest absolute Gasteiger partial charge is 0.467 e. The Bertz CT molecular complexity index is 333. The molecule has 0 aromatic rings. The molecule has 0 aromatic heterocycles. The Labute approximate surface area is 170 Å². The van der Waals surface area contributed by atoms with Crippen molar-refractivity contribution in [1.29, 1.82) is 0 Å². The van der Waals surface area contributed by atoms with Gasteiger partial charge in [-0.05, 0) is 39.0 Å². The molecule has 0 aliphatic carbocycles. The van der Waals surface area contributed by atoms with Crippen molar-refractivity contribution in [2.24, 2.45) is 0 Å². The van der Waals surface area contributed by atoms with Gasteiger partial charge in [0, 0.05) is 25.9 Å². The maximum absolute atomic E-state index is 5.88. The Kier molecular flexibility index (Phi) is 18.0. The van der Waals surface area contributed by atoms with E-state index in [0.29, 0.717) is 0 Å². The van der Waals surface area contributed by atoms with Gasteiger partial charge in [-0.3, -0.25) is 0 Å². The van der Waals surface area contributed by atoms with Crippen LogP contribution in [-0.2, 0) is 4.74 Å². The summed E-state index contributed by atoms with van der Waals surface area (Å²) in [5.74, 6) is 1.72. The molecule has 0 atom stereocenters. The van der Waals surface area contributed by atoms with Crippen molar-refractivity contribution in [1.82, 2.24) is 9.80 Å². The van der Waals surface area contributed by atoms with E-state index in [9.17, 15) is 0 Å². The molecule has 0 spiro atoms. The van der Waals surface area contributed by atoms with E-state index < -0.39 is 0 Å². The van der Waals surface area contributed by atoms with Gasteiger partial charge in [-0.15, -0.1) is 0 Å². The Morgan fingerprint density at radius 3 is 1.33 bits per heavy atom. The lowest BCUT2D eigenvalue weighted by Gasteiger charge is -2.22. The molecule has 0 saturated carbocycles. The van der Waals surface area contributed by atoms with Gasteiger partial charge in [0.05, 0.1) is 11.5 Å². The van der Waals surface area contributed by atoms with Gasteiger partial charge in [0.1, 0.15) is 0 Å². The van der Waals surface area contributed by atoms with Gasteiger partial charge in [0.15, 0.2) is 0 Å². The standard InChI is InChI=1S/C24H48N2O/c1-7-11-13-15-19-25(9-3)21-17-23(5)27-24(6)18-22-26(10-4)20-16-14-12-8-2/h5-22H2,1-4H3. The smallest absolute Gasteiger partial charge is 0.0977 e. The van der Waals surface area contributed by atoms with Crippen LogP contribution in [0.2, 0.25) is 0 Å². The minimum absolute atomic E-state index is 0.859. The van der Waals surface area contributed by atoms with Crippen LogP contribution in [0.25, 0.3) is 0 Å². The molecule has 0 amide bonds. The Morgan fingerprint density at radius 2 is 1.00 bits per heavy atom. The van der Waals surface area contributed by atoms with Gasteiger partial charge in [0.25, 0.3) is 0 Å². The van der Waals surface area contributed by atoms with Crippen LogP contribution in [0.5, 0.6) is 0 Å². The van der Waals surface area contributed by atoms with Crippen LogP contribution in [-0.4, -0.2) is 49.1 Å². The first-order valence-corrected chi connectivity index (χ1v) is 11.5. The Balaban J connectivity index is 3.92. The second-order valence-corrected chi connectivity index (χ2v) is 7.67.